The van der Waals surface area contributed by atoms with E-state index in [2.05, 4.69) is 19.2 Å². The maximum atomic E-state index is 12.7. The van der Waals surface area contributed by atoms with Crippen LogP contribution in [0.5, 0.6) is 5.75 Å². The molecular formula is C19H26N2O3. The van der Waals surface area contributed by atoms with Gasteiger partial charge in [0.05, 0.1) is 25.3 Å². The number of amides is 2. The number of ether oxygens (including phenoxy) is 1. The Labute approximate surface area is 143 Å². The predicted molar refractivity (Wildman–Crippen MR) is 93.0 cm³/mol. The smallest absolute Gasteiger partial charge is 0.251 e. The van der Waals surface area contributed by atoms with Gasteiger partial charge in [-0.2, -0.15) is 0 Å². The fourth-order valence-corrected chi connectivity index (χ4v) is 3.84. The topological polar surface area (TPSA) is 58.6 Å². The minimum atomic E-state index is -0.405. The van der Waals surface area contributed by atoms with Crippen molar-refractivity contribution < 1.29 is 14.3 Å². The first kappa shape index (κ1) is 17.0. The maximum absolute atomic E-state index is 12.7. The van der Waals surface area contributed by atoms with Crippen LogP contribution in [0.3, 0.4) is 0 Å². The minimum absolute atomic E-state index is 0.140. The predicted octanol–water partition coefficient (Wildman–Crippen LogP) is 2.74. The summed E-state index contributed by atoms with van der Waals surface area (Å²) in [6, 6.07) is 6.94. The average Bonchev–Trinajstić information content (AvgIpc) is 2.86. The lowest BCUT2D eigenvalue weighted by Crippen LogP contribution is -2.48. The number of benzene rings is 1. The first-order chi connectivity index (χ1) is 11.5. The van der Waals surface area contributed by atoms with Crippen LogP contribution in [-0.2, 0) is 9.59 Å². The Hall–Kier alpha value is -1.88. The van der Waals surface area contributed by atoms with Gasteiger partial charge in [0.2, 0.25) is 5.91 Å². The van der Waals surface area contributed by atoms with Crippen molar-refractivity contribution in [3.8, 4) is 5.75 Å². The molecular weight excluding hydrogens is 304 g/mol. The molecule has 0 unspecified atom stereocenters. The van der Waals surface area contributed by atoms with Crippen molar-refractivity contribution in [2.75, 3.05) is 12.0 Å². The van der Waals surface area contributed by atoms with E-state index in [-0.39, 0.29) is 18.2 Å². The van der Waals surface area contributed by atoms with Gasteiger partial charge in [0.1, 0.15) is 5.75 Å². The molecule has 0 aromatic heterocycles. The van der Waals surface area contributed by atoms with E-state index < -0.39 is 6.04 Å². The SMILES string of the molecule is COc1ccc(N2C(=O)C[C@H](N[C@H]3CCC[C@@H](C)[C@@H]3C)C2=O)cc1. The standard InChI is InChI=1S/C19H26N2O3/c1-12-5-4-6-16(13(12)2)20-17-11-18(22)21(19(17)23)14-7-9-15(24-3)10-8-14/h7-10,12-13,16-17,20H,4-6,11H2,1-3H3/t12-,13+,16+,17+/m1/s1. The van der Waals surface area contributed by atoms with Gasteiger partial charge in [-0.25, -0.2) is 4.90 Å². The number of nitrogens with zero attached hydrogens (tertiary/aromatic N) is 1. The lowest BCUT2D eigenvalue weighted by Gasteiger charge is -2.36. The van der Waals surface area contributed by atoms with Gasteiger partial charge in [-0.1, -0.05) is 26.7 Å². The van der Waals surface area contributed by atoms with E-state index >= 15 is 0 Å². The molecule has 0 spiro atoms. The number of carbonyl (C=O) groups is 2. The summed E-state index contributed by atoms with van der Waals surface area (Å²) in [5.74, 6) is 1.60. The van der Waals surface area contributed by atoms with Gasteiger partial charge in [0.25, 0.3) is 5.91 Å². The normalized spacial score (nSPS) is 30.7. The van der Waals surface area contributed by atoms with Gasteiger partial charge in [-0.15, -0.1) is 0 Å². The molecule has 24 heavy (non-hydrogen) atoms. The highest BCUT2D eigenvalue weighted by Gasteiger charge is 2.41. The highest BCUT2D eigenvalue weighted by molar-refractivity contribution is 6.22. The zero-order valence-electron chi connectivity index (χ0n) is 14.6. The molecule has 2 aliphatic rings. The Bertz CT molecular complexity index is 614. The summed E-state index contributed by atoms with van der Waals surface area (Å²) in [5, 5.41) is 3.46. The number of carbonyl (C=O) groups excluding carboxylic acids is 2. The molecule has 2 amide bonds. The van der Waals surface area contributed by atoms with Crippen LogP contribution in [0.15, 0.2) is 24.3 Å². The summed E-state index contributed by atoms with van der Waals surface area (Å²) in [7, 11) is 1.59. The van der Waals surface area contributed by atoms with Crippen LogP contribution in [0.25, 0.3) is 0 Å². The lowest BCUT2D eigenvalue weighted by molar-refractivity contribution is -0.121. The van der Waals surface area contributed by atoms with E-state index in [0.29, 0.717) is 29.3 Å². The quantitative estimate of drug-likeness (QED) is 0.863. The molecule has 1 aromatic carbocycles. The summed E-state index contributed by atoms with van der Waals surface area (Å²) >= 11 is 0. The molecule has 1 heterocycles. The first-order valence-corrected chi connectivity index (χ1v) is 8.78. The van der Waals surface area contributed by atoms with E-state index in [1.807, 2.05) is 0 Å². The van der Waals surface area contributed by atoms with E-state index in [0.717, 1.165) is 6.42 Å². The van der Waals surface area contributed by atoms with Crippen LogP contribution in [0.2, 0.25) is 0 Å². The van der Waals surface area contributed by atoms with E-state index in [1.54, 1.807) is 31.4 Å². The van der Waals surface area contributed by atoms with Crippen molar-refractivity contribution in [1.82, 2.24) is 5.32 Å². The molecule has 1 saturated carbocycles. The summed E-state index contributed by atoms with van der Waals surface area (Å²) in [6.45, 7) is 4.51. The van der Waals surface area contributed by atoms with Crippen molar-refractivity contribution in [2.24, 2.45) is 11.8 Å². The molecule has 5 heteroatoms. The number of imide groups is 1. The number of methoxy groups -OCH3 is 1. The zero-order valence-corrected chi connectivity index (χ0v) is 14.6. The summed E-state index contributed by atoms with van der Waals surface area (Å²) in [4.78, 5) is 26.4. The molecule has 130 valence electrons. The van der Waals surface area contributed by atoms with Crippen molar-refractivity contribution in [2.45, 2.75) is 51.6 Å². The highest BCUT2D eigenvalue weighted by Crippen LogP contribution is 2.31. The molecule has 4 atom stereocenters. The van der Waals surface area contributed by atoms with Gasteiger partial charge in [0.15, 0.2) is 0 Å². The minimum Gasteiger partial charge on any atom is -0.497 e. The van der Waals surface area contributed by atoms with Crippen LogP contribution in [-0.4, -0.2) is 31.0 Å². The second-order valence-corrected chi connectivity index (χ2v) is 7.06. The summed E-state index contributed by atoms with van der Waals surface area (Å²) < 4.78 is 5.13. The molecule has 1 N–H and O–H groups in total. The van der Waals surface area contributed by atoms with Gasteiger partial charge in [-0.3, -0.25) is 9.59 Å². The number of anilines is 1. The molecule has 3 rings (SSSR count). The Kier molecular flexibility index (Phi) is 4.90. The van der Waals surface area contributed by atoms with E-state index in [4.69, 9.17) is 4.74 Å². The second-order valence-electron chi connectivity index (χ2n) is 7.06. The van der Waals surface area contributed by atoms with Crippen LogP contribution in [0, 0.1) is 11.8 Å². The maximum Gasteiger partial charge on any atom is 0.251 e. The van der Waals surface area contributed by atoms with Gasteiger partial charge in [-0.05, 0) is 42.5 Å². The molecule has 0 radical (unpaired) electrons. The molecule has 5 nitrogen and oxygen atoms in total. The molecule has 1 aliphatic heterocycles. The third-order valence-corrected chi connectivity index (χ3v) is 5.60. The van der Waals surface area contributed by atoms with Crippen LogP contribution < -0.4 is 15.0 Å². The molecule has 2 fully saturated rings. The third-order valence-electron chi connectivity index (χ3n) is 5.60. The third kappa shape index (κ3) is 3.18. The first-order valence-electron chi connectivity index (χ1n) is 8.78. The van der Waals surface area contributed by atoms with Crippen molar-refractivity contribution in [1.29, 1.82) is 0 Å². The fourth-order valence-electron chi connectivity index (χ4n) is 3.84. The number of nitrogens with one attached hydrogen (secondary N) is 1. The van der Waals surface area contributed by atoms with Crippen LogP contribution >= 0.6 is 0 Å². The molecule has 1 aromatic rings. The number of hydrogen-bond acceptors (Lipinski definition) is 4. The molecule has 1 saturated heterocycles. The highest BCUT2D eigenvalue weighted by atomic mass is 16.5. The Morgan fingerprint density at radius 1 is 1.12 bits per heavy atom. The molecule has 1 aliphatic carbocycles. The van der Waals surface area contributed by atoms with Gasteiger partial charge >= 0.3 is 0 Å². The van der Waals surface area contributed by atoms with Crippen molar-refractivity contribution in [3.05, 3.63) is 24.3 Å². The van der Waals surface area contributed by atoms with E-state index in [1.165, 1.54) is 17.7 Å². The average molecular weight is 330 g/mol. The fraction of sp³-hybridized carbons (Fsp3) is 0.579. The number of rotatable bonds is 4. The Balaban J connectivity index is 1.71. The number of hydrogen-bond donors (Lipinski definition) is 1. The summed E-state index contributed by atoms with van der Waals surface area (Å²) in [6.07, 6.45) is 3.74. The van der Waals surface area contributed by atoms with Crippen LogP contribution in [0.4, 0.5) is 5.69 Å². The Morgan fingerprint density at radius 2 is 1.83 bits per heavy atom. The summed E-state index contributed by atoms with van der Waals surface area (Å²) in [5.41, 5.74) is 0.611. The van der Waals surface area contributed by atoms with Gasteiger partial charge in [0, 0.05) is 6.04 Å². The van der Waals surface area contributed by atoms with Gasteiger partial charge < -0.3 is 10.1 Å². The lowest BCUT2D eigenvalue weighted by atomic mass is 9.78. The van der Waals surface area contributed by atoms with Crippen molar-refractivity contribution >= 4 is 17.5 Å². The van der Waals surface area contributed by atoms with E-state index in [9.17, 15) is 9.59 Å². The monoisotopic (exact) mass is 330 g/mol. The Morgan fingerprint density at radius 3 is 2.50 bits per heavy atom. The second kappa shape index (κ2) is 6.93. The van der Waals surface area contributed by atoms with Crippen LogP contribution in [0.1, 0.15) is 39.5 Å². The largest absolute Gasteiger partial charge is 0.497 e. The zero-order chi connectivity index (χ0) is 17.3. The molecule has 0 bridgehead atoms. The van der Waals surface area contributed by atoms with Crippen molar-refractivity contribution in [3.63, 3.8) is 0 Å².